The molecule has 2 N–H and O–H groups in total. The van der Waals surface area contributed by atoms with Crippen molar-refractivity contribution < 1.29 is 19.1 Å². The Balaban J connectivity index is 1.46. The fourth-order valence-corrected chi connectivity index (χ4v) is 3.79. The number of nitrogens with one attached hydrogen (secondary N) is 2. The number of nitrogens with zero attached hydrogens (tertiary/aromatic N) is 1. The van der Waals surface area contributed by atoms with Gasteiger partial charge in [0.15, 0.2) is 0 Å². The van der Waals surface area contributed by atoms with Gasteiger partial charge < -0.3 is 25.0 Å². The Hall–Kier alpha value is -2.28. The minimum atomic E-state index is -0.140. The quantitative estimate of drug-likeness (QED) is 0.829. The van der Waals surface area contributed by atoms with Crippen LogP contribution in [0.15, 0.2) is 24.3 Å². The maximum atomic E-state index is 12.5. The molecule has 2 fully saturated rings. The van der Waals surface area contributed by atoms with Gasteiger partial charge in [0.2, 0.25) is 5.91 Å². The van der Waals surface area contributed by atoms with Gasteiger partial charge in [-0.25, -0.2) is 4.79 Å². The van der Waals surface area contributed by atoms with E-state index in [1.54, 1.807) is 0 Å². The van der Waals surface area contributed by atoms with Crippen molar-refractivity contribution in [1.29, 1.82) is 0 Å². The van der Waals surface area contributed by atoms with Gasteiger partial charge in [0.25, 0.3) is 0 Å². The number of hydrogen-bond acceptors (Lipinski definition) is 4. The van der Waals surface area contributed by atoms with Crippen LogP contribution in [0.4, 0.5) is 10.5 Å². The van der Waals surface area contributed by atoms with E-state index >= 15 is 0 Å². The highest BCUT2D eigenvalue weighted by Crippen LogP contribution is 2.38. The summed E-state index contributed by atoms with van der Waals surface area (Å²) in [5, 5.41) is 5.77. The first kappa shape index (κ1) is 19.5. The van der Waals surface area contributed by atoms with Gasteiger partial charge in [-0.3, -0.25) is 4.79 Å². The van der Waals surface area contributed by atoms with E-state index in [-0.39, 0.29) is 23.6 Å². The van der Waals surface area contributed by atoms with E-state index in [0.717, 1.165) is 37.1 Å². The molecule has 2 heterocycles. The highest BCUT2D eigenvalue weighted by Gasteiger charge is 2.43. The second kappa shape index (κ2) is 8.61. The van der Waals surface area contributed by atoms with E-state index in [1.165, 1.54) is 6.92 Å². The van der Waals surface area contributed by atoms with Crippen LogP contribution in [0.25, 0.3) is 0 Å². The second-order valence-corrected chi connectivity index (χ2v) is 7.27. The first-order valence-electron chi connectivity index (χ1n) is 9.71. The summed E-state index contributed by atoms with van der Waals surface area (Å²) in [7, 11) is 0. The predicted octanol–water partition coefficient (Wildman–Crippen LogP) is 2.77. The molecule has 3 amide bonds. The molecule has 1 aromatic rings. The number of rotatable bonds is 5. The van der Waals surface area contributed by atoms with Crippen molar-refractivity contribution in [3.05, 3.63) is 24.3 Å². The highest BCUT2D eigenvalue weighted by atomic mass is 16.5. The Morgan fingerprint density at radius 2 is 1.93 bits per heavy atom. The lowest BCUT2D eigenvalue weighted by Gasteiger charge is -2.39. The molecule has 2 aliphatic rings. The van der Waals surface area contributed by atoms with Gasteiger partial charge in [0.1, 0.15) is 5.75 Å². The monoisotopic (exact) mass is 375 g/mol. The molecular formula is C20H29N3O4. The van der Waals surface area contributed by atoms with E-state index in [9.17, 15) is 9.59 Å². The Morgan fingerprint density at radius 3 is 2.56 bits per heavy atom. The number of hydrogen-bond donors (Lipinski definition) is 2. The van der Waals surface area contributed by atoms with E-state index in [2.05, 4.69) is 10.6 Å². The average molecular weight is 375 g/mol. The number of piperidine rings is 1. The number of ether oxygens (including phenoxy) is 2. The molecule has 7 nitrogen and oxygen atoms in total. The van der Waals surface area contributed by atoms with Crippen molar-refractivity contribution in [1.82, 2.24) is 10.2 Å². The molecule has 0 saturated carbocycles. The van der Waals surface area contributed by atoms with Crippen LogP contribution < -0.4 is 15.4 Å². The van der Waals surface area contributed by atoms with Gasteiger partial charge in [-0.05, 0) is 56.9 Å². The standard InChI is InChI=1S/C20H29N3O4/c1-3-26-17-6-4-16(5-7-17)22-19(25)23-12-10-20(11-13-23)9-8-18(27-20)14-21-15(2)24/h4-7,18H,3,8-14H2,1-2H3,(H,21,24)(H,22,25). The number of carbonyl (C=O) groups excluding carboxylic acids is 2. The van der Waals surface area contributed by atoms with Crippen molar-refractivity contribution >= 4 is 17.6 Å². The van der Waals surface area contributed by atoms with Gasteiger partial charge in [0.05, 0.1) is 18.3 Å². The molecule has 7 heteroatoms. The first-order chi connectivity index (χ1) is 13.0. The van der Waals surface area contributed by atoms with Crippen LogP contribution in [0.5, 0.6) is 5.75 Å². The number of likely N-dealkylation sites (tertiary alicyclic amines) is 1. The third-order valence-corrected chi connectivity index (χ3v) is 5.30. The lowest BCUT2D eigenvalue weighted by Crippen LogP contribution is -2.48. The Morgan fingerprint density at radius 1 is 1.22 bits per heavy atom. The van der Waals surface area contributed by atoms with Crippen molar-refractivity contribution in [2.24, 2.45) is 0 Å². The number of carbonyl (C=O) groups is 2. The number of benzene rings is 1. The molecule has 0 radical (unpaired) electrons. The predicted molar refractivity (Wildman–Crippen MR) is 103 cm³/mol. The van der Waals surface area contributed by atoms with Crippen LogP contribution in [0.1, 0.15) is 39.5 Å². The van der Waals surface area contributed by atoms with Crippen LogP contribution in [0.2, 0.25) is 0 Å². The minimum Gasteiger partial charge on any atom is -0.494 e. The summed E-state index contributed by atoms with van der Waals surface area (Å²) < 4.78 is 11.7. The third-order valence-electron chi connectivity index (χ3n) is 5.30. The molecule has 2 aliphatic heterocycles. The molecule has 148 valence electrons. The van der Waals surface area contributed by atoms with Crippen molar-refractivity contribution in [3.8, 4) is 5.75 Å². The summed E-state index contributed by atoms with van der Waals surface area (Å²) in [5.41, 5.74) is 0.621. The lowest BCUT2D eigenvalue weighted by atomic mass is 9.88. The summed E-state index contributed by atoms with van der Waals surface area (Å²) in [6.45, 7) is 6.00. The Kier molecular flexibility index (Phi) is 6.21. The van der Waals surface area contributed by atoms with Crippen LogP contribution in [0.3, 0.4) is 0 Å². The van der Waals surface area contributed by atoms with Crippen molar-refractivity contribution in [2.75, 3.05) is 31.6 Å². The summed E-state index contributed by atoms with van der Waals surface area (Å²) in [5.74, 6) is 0.767. The van der Waals surface area contributed by atoms with E-state index in [1.807, 2.05) is 36.1 Å². The Labute approximate surface area is 160 Å². The minimum absolute atomic E-state index is 0.0275. The zero-order valence-corrected chi connectivity index (χ0v) is 16.1. The van der Waals surface area contributed by atoms with Gasteiger partial charge >= 0.3 is 6.03 Å². The second-order valence-electron chi connectivity index (χ2n) is 7.27. The maximum Gasteiger partial charge on any atom is 0.321 e. The topological polar surface area (TPSA) is 79.9 Å². The van der Waals surface area contributed by atoms with Crippen LogP contribution in [-0.4, -0.2) is 54.8 Å². The molecule has 1 unspecified atom stereocenters. The first-order valence-corrected chi connectivity index (χ1v) is 9.71. The molecule has 0 aliphatic carbocycles. The summed E-state index contributed by atoms with van der Waals surface area (Å²) >= 11 is 0. The summed E-state index contributed by atoms with van der Waals surface area (Å²) in [6.07, 6.45) is 3.70. The van der Waals surface area contributed by atoms with Crippen molar-refractivity contribution in [3.63, 3.8) is 0 Å². The average Bonchev–Trinajstić information content (AvgIpc) is 3.05. The van der Waals surface area contributed by atoms with E-state index in [4.69, 9.17) is 9.47 Å². The lowest BCUT2D eigenvalue weighted by molar-refractivity contribution is -0.120. The smallest absolute Gasteiger partial charge is 0.321 e. The maximum absolute atomic E-state index is 12.5. The van der Waals surface area contributed by atoms with Crippen LogP contribution in [-0.2, 0) is 9.53 Å². The number of amides is 3. The summed E-state index contributed by atoms with van der Waals surface area (Å²) in [6, 6.07) is 7.32. The van der Waals surface area contributed by atoms with E-state index < -0.39 is 0 Å². The Bertz CT molecular complexity index is 654. The van der Waals surface area contributed by atoms with Gasteiger partial charge in [-0.1, -0.05) is 0 Å². The van der Waals surface area contributed by atoms with Crippen molar-refractivity contribution in [2.45, 2.75) is 51.2 Å². The fourth-order valence-electron chi connectivity index (χ4n) is 3.79. The number of urea groups is 1. The molecule has 2 saturated heterocycles. The highest BCUT2D eigenvalue weighted by molar-refractivity contribution is 5.89. The SMILES string of the molecule is CCOc1ccc(NC(=O)N2CCC3(CCC(CNC(C)=O)O3)CC2)cc1. The number of anilines is 1. The molecular weight excluding hydrogens is 346 g/mol. The molecule has 1 aromatic carbocycles. The van der Waals surface area contributed by atoms with Gasteiger partial charge in [-0.2, -0.15) is 0 Å². The molecule has 0 bridgehead atoms. The third kappa shape index (κ3) is 5.13. The molecule has 3 rings (SSSR count). The zero-order valence-electron chi connectivity index (χ0n) is 16.1. The largest absolute Gasteiger partial charge is 0.494 e. The van der Waals surface area contributed by atoms with Gasteiger partial charge in [-0.15, -0.1) is 0 Å². The summed E-state index contributed by atoms with van der Waals surface area (Å²) in [4.78, 5) is 25.4. The zero-order chi connectivity index (χ0) is 19.3. The molecule has 0 aromatic heterocycles. The van der Waals surface area contributed by atoms with Gasteiger partial charge in [0, 0.05) is 32.2 Å². The fraction of sp³-hybridized carbons (Fsp3) is 0.600. The molecule has 1 spiro atoms. The molecule has 27 heavy (non-hydrogen) atoms. The van der Waals surface area contributed by atoms with Crippen LogP contribution in [0, 0.1) is 0 Å². The molecule has 1 atom stereocenters. The van der Waals surface area contributed by atoms with E-state index in [0.29, 0.717) is 26.2 Å². The van der Waals surface area contributed by atoms with Crippen LogP contribution >= 0.6 is 0 Å². The normalized spacial score (nSPS) is 21.1.